The summed E-state index contributed by atoms with van der Waals surface area (Å²) in [4.78, 5) is 0. The first-order valence-corrected chi connectivity index (χ1v) is 10.3. The quantitative estimate of drug-likeness (QED) is 0.182. The van der Waals surface area contributed by atoms with Gasteiger partial charge in [0.15, 0.2) is 18.9 Å². The maximum atomic E-state index is 10.6. The predicted octanol–water partition coefficient (Wildman–Crippen LogP) is -5.52. The zero-order chi connectivity index (χ0) is 23.9. The molecule has 9 N–H and O–H groups in total. The topological polar surface area (TPSA) is 228 Å². The fraction of sp³-hybridized carbons (Fsp3) is 1.00. The average molecular weight is 472 g/mol. The second-order valence-electron chi connectivity index (χ2n) is 8.30. The number of ether oxygens (including phenoxy) is 5. The molecule has 0 aromatic carbocycles. The van der Waals surface area contributed by atoms with E-state index in [4.69, 9.17) is 23.7 Å². The molecular weight excluding hydrogens is 440 g/mol. The van der Waals surface area contributed by atoms with E-state index in [9.17, 15) is 46.0 Å². The maximum absolute atomic E-state index is 10.6. The van der Waals surface area contributed by atoms with E-state index in [1.54, 1.807) is 0 Å². The summed E-state index contributed by atoms with van der Waals surface area (Å²) < 4.78 is 27.0. The van der Waals surface area contributed by atoms with Crippen LogP contribution >= 0.6 is 0 Å². The van der Waals surface area contributed by atoms with Gasteiger partial charge in [-0.25, -0.2) is 0 Å². The minimum absolute atomic E-state index is 0.721. The van der Waals surface area contributed by atoms with Gasteiger partial charge in [-0.3, -0.25) is 0 Å². The zero-order valence-corrected chi connectivity index (χ0v) is 17.4. The molecular formula is C18H32O14. The Bertz CT molecular complexity index is 610. The third kappa shape index (κ3) is 4.94. The number of rotatable bonds is 5. The molecule has 0 saturated carbocycles. The van der Waals surface area contributed by atoms with Gasteiger partial charge < -0.3 is 69.6 Å². The van der Waals surface area contributed by atoms with Gasteiger partial charge in [-0.1, -0.05) is 0 Å². The van der Waals surface area contributed by atoms with Crippen LogP contribution in [-0.4, -0.2) is 145 Å². The van der Waals surface area contributed by atoms with Gasteiger partial charge in [0, 0.05) is 0 Å². The van der Waals surface area contributed by atoms with E-state index in [-0.39, 0.29) is 0 Å². The van der Waals surface area contributed by atoms with Crippen molar-refractivity contribution in [1.82, 2.24) is 0 Å². The van der Waals surface area contributed by atoms with Crippen LogP contribution in [0.1, 0.15) is 13.8 Å². The Labute approximate surface area is 183 Å². The summed E-state index contributed by atoms with van der Waals surface area (Å²) in [5.41, 5.74) is 0. The summed E-state index contributed by atoms with van der Waals surface area (Å²) >= 11 is 0. The second kappa shape index (κ2) is 10.4. The van der Waals surface area contributed by atoms with Gasteiger partial charge in [0.05, 0.1) is 18.8 Å². The van der Waals surface area contributed by atoms with Crippen LogP contribution in [0.3, 0.4) is 0 Å². The molecule has 0 aromatic heterocycles. The molecule has 14 nitrogen and oxygen atoms in total. The smallest absolute Gasteiger partial charge is 0.187 e. The lowest BCUT2D eigenvalue weighted by molar-refractivity contribution is -0.385. The van der Waals surface area contributed by atoms with Crippen LogP contribution in [-0.2, 0) is 23.7 Å². The van der Waals surface area contributed by atoms with E-state index in [1.165, 1.54) is 13.8 Å². The summed E-state index contributed by atoms with van der Waals surface area (Å²) in [7, 11) is 0. The third-order valence-electron chi connectivity index (χ3n) is 6.02. The zero-order valence-electron chi connectivity index (χ0n) is 17.4. The molecule has 15 atom stereocenters. The first-order chi connectivity index (χ1) is 15.0. The van der Waals surface area contributed by atoms with Crippen molar-refractivity contribution in [2.24, 2.45) is 0 Å². The number of hydrogen-bond acceptors (Lipinski definition) is 14. The molecule has 0 amide bonds. The maximum Gasteiger partial charge on any atom is 0.187 e. The monoisotopic (exact) mass is 472 g/mol. The lowest BCUT2D eigenvalue weighted by Crippen LogP contribution is -2.66. The molecule has 3 aliphatic heterocycles. The summed E-state index contributed by atoms with van der Waals surface area (Å²) in [6, 6.07) is 0. The highest BCUT2D eigenvalue weighted by Crippen LogP contribution is 2.32. The Morgan fingerprint density at radius 3 is 1.44 bits per heavy atom. The van der Waals surface area contributed by atoms with Crippen LogP contribution in [0.15, 0.2) is 0 Å². The minimum Gasteiger partial charge on any atom is -0.394 e. The molecule has 3 fully saturated rings. The Morgan fingerprint density at radius 2 is 1.00 bits per heavy atom. The van der Waals surface area contributed by atoms with Gasteiger partial charge in [-0.05, 0) is 13.8 Å². The molecule has 0 aromatic rings. The fourth-order valence-corrected chi connectivity index (χ4v) is 3.92. The first kappa shape index (κ1) is 26.1. The van der Waals surface area contributed by atoms with Crippen LogP contribution in [0.4, 0.5) is 0 Å². The third-order valence-corrected chi connectivity index (χ3v) is 6.02. The number of aliphatic hydroxyl groups excluding tert-OH is 9. The van der Waals surface area contributed by atoms with Crippen LogP contribution in [0.2, 0.25) is 0 Å². The van der Waals surface area contributed by atoms with E-state index >= 15 is 0 Å². The summed E-state index contributed by atoms with van der Waals surface area (Å²) in [5.74, 6) is 0. The summed E-state index contributed by atoms with van der Waals surface area (Å²) in [6.45, 7) is 2.10. The van der Waals surface area contributed by atoms with E-state index in [1.807, 2.05) is 0 Å². The molecule has 0 radical (unpaired) electrons. The van der Waals surface area contributed by atoms with Crippen molar-refractivity contribution in [2.45, 2.75) is 106 Å². The standard InChI is InChI=1S/C18H32O14/c1-4-7(20)10(23)12(25)17(28-4)31-14-9(22)6(3-19)30-16(27)15(14)32-18-13(26)11(24)8(21)5(2)29-18/h4-27H,3H2,1-2H3/t4-,5-,6+,7+,8+,9+,10+,11+,12-,13-,14-,15+,16+,17+,18-/m0/s1. The molecule has 3 heterocycles. The second-order valence-corrected chi connectivity index (χ2v) is 8.30. The van der Waals surface area contributed by atoms with Crippen LogP contribution < -0.4 is 0 Å². The molecule has 3 aliphatic rings. The van der Waals surface area contributed by atoms with Gasteiger partial charge >= 0.3 is 0 Å². The largest absolute Gasteiger partial charge is 0.394 e. The summed E-state index contributed by atoms with van der Waals surface area (Å²) in [6.07, 6.45) is -22.6. The van der Waals surface area contributed by atoms with Crippen molar-refractivity contribution in [2.75, 3.05) is 6.61 Å². The fourth-order valence-electron chi connectivity index (χ4n) is 3.92. The van der Waals surface area contributed by atoms with E-state index < -0.39 is 98.7 Å². The Balaban J connectivity index is 1.81. The Kier molecular flexibility index (Phi) is 8.44. The van der Waals surface area contributed by atoms with Gasteiger partial charge in [-0.2, -0.15) is 0 Å². The van der Waals surface area contributed by atoms with E-state index in [0.29, 0.717) is 0 Å². The molecule has 32 heavy (non-hydrogen) atoms. The van der Waals surface area contributed by atoms with Crippen LogP contribution in [0, 0.1) is 0 Å². The van der Waals surface area contributed by atoms with Crippen LogP contribution in [0.5, 0.6) is 0 Å². The van der Waals surface area contributed by atoms with Crippen LogP contribution in [0.25, 0.3) is 0 Å². The van der Waals surface area contributed by atoms with Crippen molar-refractivity contribution < 1.29 is 69.6 Å². The normalized spacial score (nSPS) is 55.0. The van der Waals surface area contributed by atoms with Crippen molar-refractivity contribution in [3.8, 4) is 0 Å². The Hall–Kier alpha value is -0.560. The number of hydrogen-bond donors (Lipinski definition) is 9. The molecule has 0 unspecified atom stereocenters. The first-order valence-electron chi connectivity index (χ1n) is 10.3. The van der Waals surface area contributed by atoms with E-state index in [2.05, 4.69) is 0 Å². The van der Waals surface area contributed by atoms with Crippen molar-refractivity contribution in [3.05, 3.63) is 0 Å². The lowest BCUT2D eigenvalue weighted by atomic mass is 9.96. The highest BCUT2D eigenvalue weighted by Gasteiger charge is 2.53. The Morgan fingerprint density at radius 1 is 0.562 bits per heavy atom. The molecule has 3 rings (SSSR count). The van der Waals surface area contributed by atoms with Crippen molar-refractivity contribution >= 4 is 0 Å². The molecule has 0 spiro atoms. The van der Waals surface area contributed by atoms with Gasteiger partial charge in [0.1, 0.15) is 61.0 Å². The van der Waals surface area contributed by atoms with Crippen molar-refractivity contribution in [3.63, 3.8) is 0 Å². The highest BCUT2D eigenvalue weighted by molar-refractivity contribution is 4.95. The average Bonchev–Trinajstić information content (AvgIpc) is 2.76. The van der Waals surface area contributed by atoms with Gasteiger partial charge in [-0.15, -0.1) is 0 Å². The van der Waals surface area contributed by atoms with Gasteiger partial charge in [0.25, 0.3) is 0 Å². The van der Waals surface area contributed by atoms with Gasteiger partial charge in [0.2, 0.25) is 0 Å². The molecule has 3 saturated heterocycles. The molecule has 0 aliphatic carbocycles. The van der Waals surface area contributed by atoms with E-state index in [0.717, 1.165) is 0 Å². The molecule has 14 heteroatoms. The molecule has 188 valence electrons. The minimum atomic E-state index is -1.83. The predicted molar refractivity (Wildman–Crippen MR) is 98.4 cm³/mol. The number of aliphatic hydroxyl groups is 9. The SMILES string of the molecule is C[C@@H]1O[C@@H](O[C@@H]2[C@@H](O[C@H]3O[C@@H](C)[C@@H](O)[C@@H](O)[C@@H]3O)[C@H](O)[C@@H](CO)O[C@H]2O)[C@@H](O)[C@H](O)[C@@H]1O. The van der Waals surface area contributed by atoms with Crippen molar-refractivity contribution in [1.29, 1.82) is 0 Å². The lowest BCUT2D eigenvalue weighted by Gasteiger charge is -2.48. The molecule has 0 bridgehead atoms. The highest BCUT2D eigenvalue weighted by atomic mass is 16.8. The summed E-state index contributed by atoms with van der Waals surface area (Å²) in [5, 5.41) is 90.6.